The van der Waals surface area contributed by atoms with Crippen molar-refractivity contribution in [3.8, 4) is 0 Å². The summed E-state index contributed by atoms with van der Waals surface area (Å²) >= 11 is 5.65. The second-order valence-electron chi connectivity index (χ2n) is 7.13. The van der Waals surface area contributed by atoms with Crippen LogP contribution in [0.25, 0.3) is 0 Å². The highest BCUT2D eigenvalue weighted by Crippen LogP contribution is 2.36. The number of benzene rings is 1. The smallest absolute Gasteiger partial charge is 0.418 e. The van der Waals surface area contributed by atoms with Crippen LogP contribution in [0.15, 0.2) is 28.7 Å². The summed E-state index contributed by atoms with van der Waals surface area (Å²) in [4.78, 5) is 28.4. The Hall–Kier alpha value is -2.52. The molecule has 2 heterocycles. The monoisotopic (exact) mass is 443 g/mol. The van der Waals surface area contributed by atoms with Gasteiger partial charge in [-0.15, -0.1) is 0 Å². The minimum Gasteiger partial charge on any atom is -0.466 e. The van der Waals surface area contributed by atoms with E-state index in [4.69, 9.17) is 16.0 Å². The Balaban J connectivity index is 1.56. The highest BCUT2D eigenvalue weighted by atomic mass is 35.5. The SMILES string of the molecule is Cc1cc(C(=O)N2CCN(CC(=O)Nc3ccc(Cl)cc3C(F)(F)F)CC2)c(C)o1. The van der Waals surface area contributed by atoms with Gasteiger partial charge >= 0.3 is 6.18 Å². The van der Waals surface area contributed by atoms with E-state index in [9.17, 15) is 22.8 Å². The molecule has 0 spiro atoms. The van der Waals surface area contributed by atoms with Crippen molar-refractivity contribution in [1.82, 2.24) is 9.80 Å². The van der Waals surface area contributed by atoms with Gasteiger partial charge in [-0.2, -0.15) is 13.2 Å². The number of aryl methyl sites for hydroxylation is 2. The van der Waals surface area contributed by atoms with Crippen molar-refractivity contribution in [3.63, 3.8) is 0 Å². The van der Waals surface area contributed by atoms with Crippen LogP contribution in [-0.2, 0) is 11.0 Å². The quantitative estimate of drug-likeness (QED) is 0.776. The van der Waals surface area contributed by atoms with Crippen LogP contribution < -0.4 is 5.32 Å². The first-order valence-corrected chi connectivity index (χ1v) is 9.67. The maximum absolute atomic E-state index is 13.2. The van der Waals surface area contributed by atoms with Gasteiger partial charge < -0.3 is 14.6 Å². The van der Waals surface area contributed by atoms with Crippen molar-refractivity contribution >= 4 is 29.1 Å². The molecule has 0 saturated carbocycles. The molecule has 0 aliphatic carbocycles. The summed E-state index contributed by atoms with van der Waals surface area (Å²) in [7, 11) is 0. The maximum atomic E-state index is 13.2. The molecule has 0 bridgehead atoms. The second-order valence-corrected chi connectivity index (χ2v) is 7.57. The zero-order valence-corrected chi connectivity index (χ0v) is 17.2. The van der Waals surface area contributed by atoms with E-state index in [0.29, 0.717) is 43.3 Å². The number of nitrogens with zero attached hydrogens (tertiary/aromatic N) is 2. The number of hydrogen-bond donors (Lipinski definition) is 1. The van der Waals surface area contributed by atoms with Gasteiger partial charge in [0.1, 0.15) is 11.5 Å². The highest BCUT2D eigenvalue weighted by Gasteiger charge is 2.34. The number of piperazine rings is 1. The third kappa shape index (κ3) is 5.14. The molecule has 30 heavy (non-hydrogen) atoms. The van der Waals surface area contributed by atoms with Gasteiger partial charge in [-0.3, -0.25) is 14.5 Å². The number of amides is 2. The average molecular weight is 444 g/mol. The fourth-order valence-corrected chi connectivity index (χ4v) is 3.55. The van der Waals surface area contributed by atoms with E-state index in [1.54, 1.807) is 29.7 Å². The van der Waals surface area contributed by atoms with Gasteiger partial charge in [0.2, 0.25) is 5.91 Å². The summed E-state index contributed by atoms with van der Waals surface area (Å²) in [5, 5.41) is 2.24. The molecule has 1 aromatic heterocycles. The number of anilines is 1. The van der Waals surface area contributed by atoms with Crippen LogP contribution in [0.5, 0.6) is 0 Å². The molecule has 2 aromatic rings. The fourth-order valence-electron chi connectivity index (χ4n) is 3.38. The summed E-state index contributed by atoms with van der Waals surface area (Å²) in [6.07, 6.45) is -4.64. The third-order valence-corrected chi connectivity index (χ3v) is 5.09. The van der Waals surface area contributed by atoms with Crippen molar-refractivity contribution in [2.45, 2.75) is 20.0 Å². The van der Waals surface area contributed by atoms with E-state index < -0.39 is 17.6 Å². The van der Waals surface area contributed by atoms with E-state index in [0.717, 1.165) is 12.1 Å². The number of halogens is 4. The first kappa shape index (κ1) is 22.2. The van der Waals surface area contributed by atoms with E-state index in [1.807, 2.05) is 0 Å². The number of alkyl halides is 3. The largest absolute Gasteiger partial charge is 0.466 e. The molecule has 10 heteroatoms. The van der Waals surface area contributed by atoms with Gasteiger partial charge in [-0.25, -0.2) is 0 Å². The van der Waals surface area contributed by atoms with E-state index in [2.05, 4.69) is 5.32 Å². The van der Waals surface area contributed by atoms with Crippen molar-refractivity contribution < 1.29 is 27.2 Å². The summed E-state index contributed by atoms with van der Waals surface area (Å²) in [5.41, 5.74) is -0.817. The molecular weight excluding hydrogens is 423 g/mol. The minimum atomic E-state index is -4.64. The fraction of sp³-hybridized carbons (Fsp3) is 0.400. The van der Waals surface area contributed by atoms with Gasteiger partial charge in [0, 0.05) is 31.2 Å². The first-order valence-electron chi connectivity index (χ1n) is 9.30. The van der Waals surface area contributed by atoms with Crippen LogP contribution in [0.1, 0.15) is 27.4 Å². The number of carbonyl (C=O) groups excluding carboxylic acids is 2. The molecule has 3 rings (SSSR count). The lowest BCUT2D eigenvalue weighted by atomic mass is 10.1. The van der Waals surface area contributed by atoms with Gasteiger partial charge in [0.15, 0.2) is 0 Å². The highest BCUT2D eigenvalue weighted by molar-refractivity contribution is 6.30. The summed E-state index contributed by atoms with van der Waals surface area (Å²) in [6.45, 7) is 5.10. The first-order chi connectivity index (χ1) is 14.0. The van der Waals surface area contributed by atoms with Crippen LogP contribution in [0, 0.1) is 13.8 Å². The molecule has 6 nitrogen and oxygen atoms in total. The number of carbonyl (C=O) groups is 2. The van der Waals surface area contributed by atoms with Crippen molar-refractivity contribution in [2.24, 2.45) is 0 Å². The zero-order chi connectivity index (χ0) is 22.1. The Bertz CT molecular complexity index is 951. The van der Waals surface area contributed by atoms with Gasteiger partial charge in [0.05, 0.1) is 23.4 Å². The van der Waals surface area contributed by atoms with Crippen LogP contribution in [-0.4, -0.2) is 54.3 Å². The molecule has 1 N–H and O–H groups in total. The zero-order valence-electron chi connectivity index (χ0n) is 16.5. The van der Waals surface area contributed by atoms with Gasteiger partial charge in [0.25, 0.3) is 5.91 Å². The lowest BCUT2D eigenvalue weighted by Crippen LogP contribution is -2.50. The molecule has 0 unspecified atom stereocenters. The van der Waals surface area contributed by atoms with Crippen LogP contribution >= 0.6 is 11.6 Å². The molecule has 1 aliphatic rings. The summed E-state index contributed by atoms with van der Waals surface area (Å²) < 4.78 is 44.9. The number of furan rings is 1. The standard InChI is InChI=1S/C20H21ClF3N3O3/c1-12-9-15(13(2)30-12)19(29)27-7-5-26(6-8-27)11-18(28)25-17-4-3-14(21)10-16(17)20(22,23)24/h3-4,9-10H,5-8,11H2,1-2H3,(H,25,28). The van der Waals surface area contributed by atoms with E-state index in [-0.39, 0.29) is 23.2 Å². The molecule has 1 aliphatic heterocycles. The minimum absolute atomic E-state index is 0.0656. The second kappa shape index (κ2) is 8.69. The summed E-state index contributed by atoms with van der Waals surface area (Å²) in [6, 6.07) is 4.90. The topological polar surface area (TPSA) is 65.8 Å². The molecule has 162 valence electrons. The molecule has 2 amide bonds. The maximum Gasteiger partial charge on any atom is 0.418 e. The predicted molar refractivity (Wildman–Crippen MR) is 106 cm³/mol. The molecular formula is C20H21ClF3N3O3. The number of nitrogens with one attached hydrogen (secondary N) is 1. The van der Waals surface area contributed by atoms with Crippen LogP contribution in [0.4, 0.5) is 18.9 Å². The van der Waals surface area contributed by atoms with Crippen molar-refractivity contribution in [2.75, 3.05) is 38.0 Å². The number of hydrogen-bond acceptors (Lipinski definition) is 4. The molecule has 1 saturated heterocycles. The lowest BCUT2D eigenvalue weighted by Gasteiger charge is -2.34. The van der Waals surface area contributed by atoms with Crippen LogP contribution in [0.2, 0.25) is 5.02 Å². The molecule has 0 atom stereocenters. The molecule has 1 aromatic carbocycles. The number of rotatable bonds is 4. The van der Waals surface area contributed by atoms with Crippen LogP contribution in [0.3, 0.4) is 0 Å². The average Bonchev–Trinajstić information content (AvgIpc) is 3.00. The van der Waals surface area contributed by atoms with Crippen molar-refractivity contribution in [3.05, 3.63) is 51.9 Å². The molecule has 1 fully saturated rings. The third-order valence-electron chi connectivity index (χ3n) is 4.86. The molecule has 0 radical (unpaired) electrons. The Morgan fingerprint density at radius 2 is 1.80 bits per heavy atom. The van der Waals surface area contributed by atoms with Gasteiger partial charge in [-0.05, 0) is 38.1 Å². The predicted octanol–water partition coefficient (Wildman–Crippen LogP) is 3.97. The van der Waals surface area contributed by atoms with Crippen molar-refractivity contribution in [1.29, 1.82) is 0 Å². The Morgan fingerprint density at radius 1 is 1.13 bits per heavy atom. The Kier molecular flexibility index (Phi) is 6.42. The van der Waals surface area contributed by atoms with E-state index in [1.165, 1.54) is 6.07 Å². The lowest BCUT2D eigenvalue weighted by molar-refractivity contribution is -0.137. The Labute approximate surface area is 176 Å². The van der Waals surface area contributed by atoms with E-state index >= 15 is 0 Å². The summed E-state index contributed by atoms with van der Waals surface area (Å²) in [5.74, 6) is 0.516. The normalized spacial score (nSPS) is 15.3. The van der Waals surface area contributed by atoms with Gasteiger partial charge in [-0.1, -0.05) is 11.6 Å². The Morgan fingerprint density at radius 3 is 2.37 bits per heavy atom.